The van der Waals surface area contributed by atoms with E-state index < -0.39 is 0 Å². The molecule has 130 valence electrons. The highest BCUT2D eigenvalue weighted by Crippen LogP contribution is 2.34. The normalized spacial score (nSPS) is 12.1. The Morgan fingerprint density at radius 1 is 0.750 bits per heavy atom. The maximum atomic E-state index is 6.13. The molecule has 2 aromatic rings. The quantitative estimate of drug-likeness (QED) is 0.623. The zero-order chi connectivity index (χ0) is 17.8. The maximum Gasteiger partial charge on any atom is 0.120 e. The van der Waals surface area contributed by atoms with E-state index in [1.165, 1.54) is 11.1 Å². The predicted molar refractivity (Wildman–Crippen MR) is 101 cm³/mol. The highest BCUT2D eigenvalue weighted by molar-refractivity contribution is 5.41. The highest BCUT2D eigenvalue weighted by Gasteiger charge is 2.24. The largest absolute Gasteiger partial charge is 0.497 e. The molecule has 0 aromatic heterocycles. The summed E-state index contributed by atoms with van der Waals surface area (Å²) in [6.45, 7) is 11.0. The Hall–Kier alpha value is -1.96. The van der Waals surface area contributed by atoms with Crippen molar-refractivity contribution in [2.24, 2.45) is 0 Å². The van der Waals surface area contributed by atoms with Crippen LogP contribution in [-0.2, 0) is 5.41 Å². The number of benzene rings is 2. The third kappa shape index (κ3) is 4.31. The van der Waals surface area contributed by atoms with Gasteiger partial charge in [-0.1, -0.05) is 51.5 Å². The van der Waals surface area contributed by atoms with Gasteiger partial charge in [-0.25, -0.2) is 0 Å². The first-order chi connectivity index (χ1) is 11.3. The summed E-state index contributed by atoms with van der Waals surface area (Å²) in [6.07, 6.45) is 2.17. The van der Waals surface area contributed by atoms with E-state index in [-0.39, 0.29) is 11.0 Å². The number of methoxy groups -OCH3 is 1. The minimum atomic E-state index is -0.123. The third-order valence-corrected chi connectivity index (χ3v) is 4.63. The Bertz CT molecular complexity index is 637. The van der Waals surface area contributed by atoms with Crippen molar-refractivity contribution in [2.45, 2.75) is 58.5 Å². The molecular weight excluding hydrogens is 296 g/mol. The van der Waals surface area contributed by atoms with Gasteiger partial charge in [-0.15, -0.1) is 0 Å². The maximum absolute atomic E-state index is 6.13. The molecule has 0 unspecified atom stereocenters. The van der Waals surface area contributed by atoms with Gasteiger partial charge in [-0.3, -0.25) is 0 Å². The Kier molecular flexibility index (Phi) is 5.58. The average Bonchev–Trinajstić information content (AvgIpc) is 2.55. The van der Waals surface area contributed by atoms with E-state index in [1.54, 1.807) is 7.11 Å². The van der Waals surface area contributed by atoms with Crippen molar-refractivity contribution in [3.63, 3.8) is 0 Å². The van der Waals surface area contributed by atoms with Gasteiger partial charge in [0.25, 0.3) is 0 Å². The fraction of sp³-hybridized carbons (Fsp3) is 0.455. The van der Waals surface area contributed by atoms with E-state index in [9.17, 15) is 0 Å². The Morgan fingerprint density at radius 2 is 1.21 bits per heavy atom. The van der Waals surface area contributed by atoms with Crippen LogP contribution in [0, 0.1) is 0 Å². The van der Waals surface area contributed by atoms with Gasteiger partial charge in [0, 0.05) is 5.41 Å². The van der Waals surface area contributed by atoms with Crippen LogP contribution >= 0.6 is 0 Å². The molecule has 0 fully saturated rings. The van der Waals surface area contributed by atoms with Crippen LogP contribution in [-0.4, -0.2) is 12.7 Å². The van der Waals surface area contributed by atoms with E-state index in [0.717, 1.165) is 24.3 Å². The molecule has 0 aliphatic heterocycles. The summed E-state index contributed by atoms with van der Waals surface area (Å²) in [5, 5.41) is 0. The summed E-state index contributed by atoms with van der Waals surface area (Å²) >= 11 is 0. The molecule has 2 aromatic carbocycles. The van der Waals surface area contributed by atoms with Gasteiger partial charge < -0.3 is 9.47 Å². The second-order valence-corrected chi connectivity index (χ2v) is 7.49. The summed E-state index contributed by atoms with van der Waals surface area (Å²) in [4.78, 5) is 0. The lowest BCUT2D eigenvalue weighted by Gasteiger charge is -2.28. The van der Waals surface area contributed by atoms with Crippen molar-refractivity contribution >= 4 is 0 Å². The van der Waals surface area contributed by atoms with E-state index in [2.05, 4.69) is 71.0 Å². The minimum absolute atomic E-state index is 0.0657. The molecule has 0 heterocycles. The van der Waals surface area contributed by atoms with Crippen LogP contribution in [0.1, 0.15) is 58.6 Å². The average molecular weight is 326 g/mol. The predicted octanol–water partition coefficient (Wildman–Crippen LogP) is 5.98. The van der Waals surface area contributed by atoms with Crippen molar-refractivity contribution < 1.29 is 9.47 Å². The van der Waals surface area contributed by atoms with Gasteiger partial charge in [-0.2, -0.15) is 0 Å². The summed E-state index contributed by atoms with van der Waals surface area (Å²) < 4.78 is 11.4. The number of ether oxygens (including phenoxy) is 2. The lowest BCUT2D eigenvalue weighted by atomic mass is 9.78. The van der Waals surface area contributed by atoms with Crippen molar-refractivity contribution in [1.29, 1.82) is 0 Å². The van der Waals surface area contributed by atoms with Gasteiger partial charge in [0.05, 0.1) is 7.11 Å². The first-order valence-electron chi connectivity index (χ1n) is 8.72. The first kappa shape index (κ1) is 18.4. The van der Waals surface area contributed by atoms with Crippen LogP contribution in [0.25, 0.3) is 0 Å². The van der Waals surface area contributed by atoms with Crippen LogP contribution in [0.2, 0.25) is 0 Å². The van der Waals surface area contributed by atoms with Gasteiger partial charge >= 0.3 is 0 Å². The molecule has 0 radical (unpaired) electrons. The Labute approximate surface area is 146 Å². The van der Waals surface area contributed by atoms with Crippen molar-refractivity contribution in [3.8, 4) is 11.5 Å². The van der Waals surface area contributed by atoms with E-state index in [0.29, 0.717) is 0 Å². The fourth-order valence-electron chi connectivity index (χ4n) is 3.09. The van der Waals surface area contributed by atoms with Crippen molar-refractivity contribution in [3.05, 3.63) is 59.7 Å². The molecule has 0 aliphatic carbocycles. The molecule has 2 nitrogen and oxygen atoms in total. The Balaban J connectivity index is 2.19. The molecule has 0 aliphatic rings. The SMILES string of the molecule is CCCC(C)(C)Oc1ccc(C(C)(C)c2ccc(OC)cc2)cc1. The first-order valence-corrected chi connectivity index (χ1v) is 8.72. The summed E-state index contributed by atoms with van der Waals surface area (Å²) in [6, 6.07) is 16.8. The van der Waals surface area contributed by atoms with E-state index in [4.69, 9.17) is 9.47 Å². The number of rotatable bonds is 7. The topological polar surface area (TPSA) is 18.5 Å². The van der Waals surface area contributed by atoms with Crippen LogP contribution in [0.3, 0.4) is 0 Å². The van der Waals surface area contributed by atoms with Crippen molar-refractivity contribution in [2.75, 3.05) is 7.11 Å². The van der Waals surface area contributed by atoms with Crippen LogP contribution in [0.15, 0.2) is 48.5 Å². The van der Waals surface area contributed by atoms with Gasteiger partial charge in [0.15, 0.2) is 0 Å². The fourth-order valence-corrected chi connectivity index (χ4v) is 3.09. The monoisotopic (exact) mass is 326 g/mol. The van der Waals surface area contributed by atoms with E-state index in [1.807, 2.05) is 12.1 Å². The van der Waals surface area contributed by atoms with Crippen molar-refractivity contribution in [1.82, 2.24) is 0 Å². The number of hydrogen-bond donors (Lipinski definition) is 0. The molecule has 0 saturated carbocycles. The van der Waals surface area contributed by atoms with Gasteiger partial charge in [-0.05, 0) is 55.7 Å². The van der Waals surface area contributed by atoms with Crippen LogP contribution < -0.4 is 9.47 Å². The summed E-state index contributed by atoms with van der Waals surface area (Å²) in [5.74, 6) is 1.82. The summed E-state index contributed by atoms with van der Waals surface area (Å²) in [7, 11) is 1.69. The lowest BCUT2D eigenvalue weighted by Crippen LogP contribution is -2.27. The third-order valence-electron chi connectivity index (χ3n) is 4.63. The Morgan fingerprint density at radius 3 is 1.62 bits per heavy atom. The smallest absolute Gasteiger partial charge is 0.120 e. The zero-order valence-electron chi connectivity index (χ0n) is 15.8. The van der Waals surface area contributed by atoms with Crippen LogP contribution in [0.4, 0.5) is 0 Å². The molecule has 2 heteroatoms. The highest BCUT2D eigenvalue weighted by atomic mass is 16.5. The van der Waals surface area contributed by atoms with Crippen LogP contribution in [0.5, 0.6) is 11.5 Å². The second kappa shape index (κ2) is 7.29. The lowest BCUT2D eigenvalue weighted by molar-refractivity contribution is 0.0985. The molecule has 2 rings (SSSR count). The second-order valence-electron chi connectivity index (χ2n) is 7.49. The zero-order valence-corrected chi connectivity index (χ0v) is 15.8. The molecule has 0 bridgehead atoms. The molecule has 0 saturated heterocycles. The number of hydrogen-bond acceptors (Lipinski definition) is 2. The van der Waals surface area contributed by atoms with E-state index >= 15 is 0 Å². The molecule has 24 heavy (non-hydrogen) atoms. The molecule has 0 spiro atoms. The molecule has 0 atom stereocenters. The standard InChI is InChI=1S/C22H30O2/c1-7-16-21(2,3)24-20-14-10-18(11-15-20)22(4,5)17-8-12-19(23-6)13-9-17/h8-15H,7,16H2,1-6H3. The summed E-state index contributed by atoms with van der Waals surface area (Å²) in [5.41, 5.74) is 2.35. The molecular formula is C22H30O2. The molecule has 0 amide bonds. The van der Waals surface area contributed by atoms with Gasteiger partial charge in [0.2, 0.25) is 0 Å². The van der Waals surface area contributed by atoms with Gasteiger partial charge in [0.1, 0.15) is 17.1 Å². The molecule has 0 N–H and O–H groups in total. The minimum Gasteiger partial charge on any atom is -0.497 e.